The average Bonchev–Trinajstić information content (AvgIpc) is 3.06. The second-order valence-electron chi connectivity index (χ2n) is 4.65. The second kappa shape index (κ2) is 7.82. The van der Waals surface area contributed by atoms with Crippen LogP contribution >= 0.6 is 11.3 Å². The Labute approximate surface area is 139 Å². The van der Waals surface area contributed by atoms with Crippen LogP contribution in [0.1, 0.15) is 28.0 Å². The molecule has 7 heteroatoms. The third-order valence-corrected chi connectivity index (χ3v) is 4.32. The van der Waals surface area contributed by atoms with E-state index in [1.54, 1.807) is 23.5 Å². The molecule has 1 aromatic heterocycles. The van der Waals surface area contributed by atoms with Crippen LogP contribution in [0.3, 0.4) is 0 Å². The number of ether oxygens (including phenoxy) is 3. The van der Waals surface area contributed by atoms with Crippen molar-refractivity contribution in [2.24, 2.45) is 0 Å². The number of carbonyl (C=O) groups is 1. The second-order valence-corrected chi connectivity index (χ2v) is 5.59. The van der Waals surface area contributed by atoms with Gasteiger partial charge in [-0.2, -0.15) is 0 Å². The molecule has 2 aromatic rings. The minimum atomic E-state index is -0.256. The Morgan fingerprint density at radius 2 is 1.91 bits per heavy atom. The number of nitrogens with zero attached hydrogens (tertiary/aromatic N) is 1. The van der Waals surface area contributed by atoms with Crippen molar-refractivity contribution < 1.29 is 19.0 Å². The largest absolute Gasteiger partial charge is 0.493 e. The number of nitrogens with one attached hydrogen (secondary N) is 1. The molecule has 23 heavy (non-hydrogen) atoms. The van der Waals surface area contributed by atoms with Gasteiger partial charge in [0.25, 0.3) is 5.91 Å². The predicted octanol–water partition coefficient (Wildman–Crippen LogP) is 2.66. The lowest BCUT2D eigenvalue weighted by Crippen LogP contribution is -2.23. The van der Waals surface area contributed by atoms with Crippen LogP contribution in [0.25, 0.3) is 0 Å². The zero-order valence-electron chi connectivity index (χ0n) is 13.6. The van der Waals surface area contributed by atoms with Crippen LogP contribution in [0.4, 0.5) is 0 Å². The molecular formula is C16H20N2O4S. The van der Waals surface area contributed by atoms with E-state index >= 15 is 0 Å². The van der Waals surface area contributed by atoms with Gasteiger partial charge in [0.15, 0.2) is 11.5 Å². The third-order valence-electron chi connectivity index (χ3n) is 3.28. The first kappa shape index (κ1) is 17.1. The Kier molecular flexibility index (Phi) is 5.81. The Bertz CT molecular complexity index is 685. The summed E-state index contributed by atoms with van der Waals surface area (Å²) in [5, 5.41) is 5.85. The average molecular weight is 336 g/mol. The first-order valence-corrected chi connectivity index (χ1v) is 8.03. The van der Waals surface area contributed by atoms with Crippen LogP contribution in [0.15, 0.2) is 17.5 Å². The van der Waals surface area contributed by atoms with E-state index in [0.717, 1.165) is 17.1 Å². The number of hydrogen-bond donors (Lipinski definition) is 1. The maximum absolute atomic E-state index is 12.4. The molecule has 6 nitrogen and oxygen atoms in total. The van der Waals surface area contributed by atoms with E-state index in [-0.39, 0.29) is 5.91 Å². The van der Waals surface area contributed by atoms with E-state index in [0.29, 0.717) is 29.4 Å². The zero-order chi connectivity index (χ0) is 16.8. The highest BCUT2D eigenvalue weighted by Gasteiger charge is 2.20. The molecule has 1 aromatic carbocycles. The van der Waals surface area contributed by atoms with Gasteiger partial charge in [0.2, 0.25) is 5.75 Å². The molecular weight excluding hydrogens is 316 g/mol. The van der Waals surface area contributed by atoms with Crippen molar-refractivity contribution >= 4 is 17.2 Å². The van der Waals surface area contributed by atoms with Crippen molar-refractivity contribution in [2.75, 3.05) is 21.3 Å². The molecule has 0 aliphatic carbocycles. The normalized spacial score (nSPS) is 10.3. The van der Waals surface area contributed by atoms with E-state index in [9.17, 15) is 4.79 Å². The smallest absolute Gasteiger partial charge is 0.255 e. The van der Waals surface area contributed by atoms with E-state index < -0.39 is 0 Å². The van der Waals surface area contributed by atoms with Gasteiger partial charge in [0.1, 0.15) is 0 Å². The molecule has 1 heterocycles. The molecule has 2 rings (SSSR count). The van der Waals surface area contributed by atoms with Crippen molar-refractivity contribution in [1.29, 1.82) is 0 Å². The molecule has 0 saturated heterocycles. The van der Waals surface area contributed by atoms with E-state index in [1.807, 2.05) is 5.38 Å². The Morgan fingerprint density at radius 3 is 2.48 bits per heavy atom. The van der Waals surface area contributed by atoms with Gasteiger partial charge in [-0.15, -0.1) is 11.3 Å². The standard InChI is InChI=1S/C16H20N2O4S/c1-5-13-18-10(9-23-13)8-17-16(19)11-6-7-12(20-2)15(22-4)14(11)21-3/h6-7,9H,5,8H2,1-4H3,(H,17,19). The van der Waals surface area contributed by atoms with Gasteiger partial charge >= 0.3 is 0 Å². The lowest BCUT2D eigenvalue weighted by atomic mass is 10.1. The van der Waals surface area contributed by atoms with Crippen LogP contribution in [-0.4, -0.2) is 32.2 Å². The zero-order valence-corrected chi connectivity index (χ0v) is 14.5. The number of benzene rings is 1. The fraction of sp³-hybridized carbons (Fsp3) is 0.375. The number of aromatic nitrogens is 1. The fourth-order valence-corrected chi connectivity index (χ4v) is 2.88. The van der Waals surface area contributed by atoms with E-state index in [4.69, 9.17) is 14.2 Å². The van der Waals surface area contributed by atoms with Crippen LogP contribution in [0, 0.1) is 0 Å². The van der Waals surface area contributed by atoms with Crippen LogP contribution < -0.4 is 19.5 Å². The van der Waals surface area contributed by atoms with Gasteiger partial charge in [-0.05, 0) is 18.6 Å². The summed E-state index contributed by atoms with van der Waals surface area (Å²) in [5.74, 6) is 0.989. The summed E-state index contributed by atoms with van der Waals surface area (Å²) in [7, 11) is 4.52. The van der Waals surface area contributed by atoms with Crippen molar-refractivity contribution in [3.05, 3.63) is 33.8 Å². The lowest BCUT2D eigenvalue weighted by Gasteiger charge is -2.15. The highest BCUT2D eigenvalue weighted by atomic mass is 32.1. The van der Waals surface area contributed by atoms with Gasteiger partial charge in [0, 0.05) is 5.38 Å². The molecule has 0 aliphatic heterocycles. The summed E-state index contributed by atoms with van der Waals surface area (Å²) in [6, 6.07) is 3.32. The number of aryl methyl sites for hydroxylation is 1. The molecule has 0 unspecified atom stereocenters. The summed E-state index contributed by atoms with van der Waals surface area (Å²) in [4.78, 5) is 16.9. The monoisotopic (exact) mass is 336 g/mol. The van der Waals surface area contributed by atoms with Gasteiger partial charge in [0.05, 0.1) is 44.1 Å². The summed E-state index contributed by atoms with van der Waals surface area (Å²) >= 11 is 1.59. The number of amides is 1. The van der Waals surface area contributed by atoms with Gasteiger partial charge < -0.3 is 19.5 Å². The van der Waals surface area contributed by atoms with Crippen molar-refractivity contribution in [2.45, 2.75) is 19.9 Å². The number of methoxy groups -OCH3 is 3. The molecule has 124 valence electrons. The molecule has 0 fully saturated rings. The van der Waals surface area contributed by atoms with Crippen LogP contribution in [-0.2, 0) is 13.0 Å². The summed E-state index contributed by atoms with van der Waals surface area (Å²) in [6.45, 7) is 2.42. The van der Waals surface area contributed by atoms with Crippen molar-refractivity contribution in [3.63, 3.8) is 0 Å². The lowest BCUT2D eigenvalue weighted by molar-refractivity contribution is 0.0946. The Hall–Kier alpha value is -2.28. The van der Waals surface area contributed by atoms with Crippen molar-refractivity contribution in [1.82, 2.24) is 10.3 Å². The third kappa shape index (κ3) is 3.73. The van der Waals surface area contributed by atoms with Crippen molar-refractivity contribution in [3.8, 4) is 17.2 Å². The molecule has 0 saturated carbocycles. The Morgan fingerprint density at radius 1 is 1.17 bits per heavy atom. The van der Waals surface area contributed by atoms with Crippen LogP contribution in [0.2, 0.25) is 0 Å². The molecule has 0 bridgehead atoms. The number of thiazole rings is 1. The summed E-state index contributed by atoms with van der Waals surface area (Å²) in [5.41, 5.74) is 1.23. The number of hydrogen-bond acceptors (Lipinski definition) is 6. The van der Waals surface area contributed by atoms with Crippen LogP contribution in [0.5, 0.6) is 17.2 Å². The molecule has 0 spiro atoms. The van der Waals surface area contributed by atoms with Gasteiger partial charge in [-0.3, -0.25) is 4.79 Å². The molecule has 0 atom stereocenters. The predicted molar refractivity (Wildman–Crippen MR) is 88.8 cm³/mol. The topological polar surface area (TPSA) is 69.7 Å². The number of carbonyl (C=O) groups excluding carboxylic acids is 1. The Balaban J connectivity index is 2.18. The molecule has 0 radical (unpaired) electrons. The minimum Gasteiger partial charge on any atom is -0.493 e. The highest BCUT2D eigenvalue weighted by Crippen LogP contribution is 2.39. The maximum Gasteiger partial charge on any atom is 0.255 e. The maximum atomic E-state index is 12.4. The van der Waals surface area contributed by atoms with Gasteiger partial charge in [-0.25, -0.2) is 4.98 Å². The van der Waals surface area contributed by atoms with E-state index in [1.165, 1.54) is 21.3 Å². The van der Waals surface area contributed by atoms with E-state index in [2.05, 4.69) is 17.2 Å². The SMILES string of the molecule is CCc1nc(CNC(=O)c2ccc(OC)c(OC)c2OC)cs1. The molecule has 0 aliphatic rings. The fourth-order valence-electron chi connectivity index (χ4n) is 2.14. The summed E-state index contributed by atoms with van der Waals surface area (Å²) in [6.07, 6.45) is 0.891. The highest BCUT2D eigenvalue weighted by molar-refractivity contribution is 7.09. The molecule has 1 amide bonds. The first-order chi connectivity index (χ1) is 11.1. The first-order valence-electron chi connectivity index (χ1n) is 7.15. The molecule has 1 N–H and O–H groups in total. The minimum absolute atomic E-state index is 0.256. The van der Waals surface area contributed by atoms with Gasteiger partial charge in [-0.1, -0.05) is 6.92 Å². The number of rotatable bonds is 7. The quantitative estimate of drug-likeness (QED) is 0.842. The summed E-state index contributed by atoms with van der Waals surface area (Å²) < 4.78 is 15.8.